The molecule has 0 saturated carbocycles. The summed E-state index contributed by atoms with van der Waals surface area (Å²) in [6.45, 7) is 11.0. The van der Waals surface area contributed by atoms with Gasteiger partial charge in [0.2, 0.25) is 35.4 Å². The summed E-state index contributed by atoms with van der Waals surface area (Å²) >= 11 is 0. The number of carbonyl (C=O) groups is 9. The Morgan fingerprint density at radius 3 is 2.03 bits per heavy atom. The van der Waals surface area contributed by atoms with Crippen LogP contribution in [0.25, 0.3) is 0 Å². The zero-order chi connectivity index (χ0) is 55.3. The van der Waals surface area contributed by atoms with E-state index in [0.717, 1.165) is 30.7 Å². The van der Waals surface area contributed by atoms with Gasteiger partial charge in [-0.2, -0.15) is 0 Å². The number of likely N-dealkylation sites (N-methyl/N-ethyl adjacent to an activating group) is 1. The zero-order valence-corrected chi connectivity index (χ0v) is 43.3. The van der Waals surface area contributed by atoms with Gasteiger partial charge in [0.1, 0.15) is 45.7 Å². The first kappa shape index (κ1) is 62.0. The molecule has 0 bridgehead atoms. The molecule has 1 heterocycles. The largest absolute Gasteiger partial charge is 0.480 e. The molecule has 1 aromatic rings. The molecular weight excluding hydrogens is 973 g/mol. The van der Waals surface area contributed by atoms with E-state index in [1.54, 1.807) is 20.1 Å². The highest BCUT2D eigenvalue weighted by Gasteiger charge is 2.37. The lowest BCUT2D eigenvalue weighted by molar-refractivity contribution is -0.146. The SMILES string of the molecule is C=C1C(=O)NC(C)C(=O)NC(CCS(C)(=O)=O)C(=O)NC(C(=O)O)C(C)C(=O)NC(CCCN=C(N)N)C(=O)NC(C=CC(C)=CC(C)C(Cc2ccccc2)OC)C(C)C(=O)NC(C(=O)O)CCC(=O)N1C. The Hall–Kier alpha value is -7.15. The Labute approximate surface area is 425 Å². The van der Waals surface area contributed by atoms with E-state index in [1.807, 2.05) is 43.3 Å². The number of sulfone groups is 1. The highest BCUT2D eigenvalue weighted by Crippen LogP contribution is 2.19. The minimum absolute atomic E-state index is 0.0196. The van der Waals surface area contributed by atoms with Crippen molar-refractivity contribution in [3.05, 3.63) is 72.0 Å². The molecule has 0 aliphatic carbocycles. The third kappa shape index (κ3) is 21.2. The van der Waals surface area contributed by atoms with Crippen LogP contribution in [0.3, 0.4) is 0 Å². The minimum Gasteiger partial charge on any atom is -0.480 e. The maximum atomic E-state index is 14.4. The van der Waals surface area contributed by atoms with Crippen LogP contribution in [-0.2, 0) is 64.1 Å². The average molecular weight is 1050 g/mol. The second kappa shape index (κ2) is 29.4. The van der Waals surface area contributed by atoms with Crippen LogP contribution in [0.5, 0.6) is 0 Å². The van der Waals surface area contributed by atoms with Gasteiger partial charge in [0.05, 0.1) is 29.7 Å². The Morgan fingerprint density at radius 2 is 1.45 bits per heavy atom. The van der Waals surface area contributed by atoms with Gasteiger partial charge < -0.3 is 63.2 Å². The summed E-state index contributed by atoms with van der Waals surface area (Å²) in [6, 6.07) is 0.0664. The van der Waals surface area contributed by atoms with Gasteiger partial charge in [-0.25, -0.2) is 18.0 Å². The number of aliphatic carboxylic acids is 2. The van der Waals surface area contributed by atoms with Crippen LogP contribution < -0.4 is 43.4 Å². The van der Waals surface area contributed by atoms with Crippen molar-refractivity contribution in [3.8, 4) is 0 Å². The number of methoxy groups -OCH3 is 1. The lowest BCUT2D eigenvalue weighted by Crippen LogP contribution is -2.59. The molecule has 7 amide bonds. The number of carboxylic acid groups (broad SMARTS) is 2. The Bertz CT molecular complexity index is 2370. The molecule has 0 aromatic heterocycles. The van der Waals surface area contributed by atoms with Crippen LogP contribution in [0.2, 0.25) is 0 Å². The summed E-state index contributed by atoms with van der Waals surface area (Å²) < 4.78 is 30.1. The van der Waals surface area contributed by atoms with Crippen molar-refractivity contribution in [2.75, 3.05) is 32.7 Å². The van der Waals surface area contributed by atoms with Gasteiger partial charge >= 0.3 is 11.9 Å². The smallest absolute Gasteiger partial charge is 0.327 e. The van der Waals surface area contributed by atoms with Crippen molar-refractivity contribution in [2.45, 2.75) is 115 Å². The molecule has 1 saturated heterocycles. The molecule has 1 aliphatic heterocycles. The number of ether oxygens (including phenoxy) is 1. The number of aliphatic imine (C=N–C) groups is 1. The van der Waals surface area contributed by atoms with Crippen LogP contribution in [0.1, 0.15) is 72.3 Å². The number of hydrogen-bond acceptors (Lipinski definition) is 13. The third-order valence-electron chi connectivity index (χ3n) is 12.0. The van der Waals surface area contributed by atoms with E-state index in [1.165, 1.54) is 19.9 Å². The zero-order valence-electron chi connectivity index (χ0n) is 42.5. The predicted molar refractivity (Wildman–Crippen MR) is 269 cm³/mol. The Morgan fingerprint density at radius 1 is 0.863 bits per heavy atom. The van der Waals surface area contributed by atoms with E-state index in [9.17, 15) is 61.8 Å². The first-order chi connectivity index (χ1) is 34.1. The minimum atomic E-state index is -3.78. The third-order valence-corrected chi connectivity index (χ3v) is 13.0. The van der Waals surface area contributed by atoms with E-state index in [2.05, 4.69) is 43.5 Å². The molecule has 10 unspecified atom stereocenters. The summed E-state index contributed by atoms with van der Waals surface area (Å²) in [6.07, 6.45) is 4.58. The van der Waals surface area contributed by atoms with Gasteiger partial charge in [-0.15, -0.1) is 0 Å². The van der Waals surface area contributed by atoms with Crippen molar-refractivity contribution < 1.29 is 66.5 Å². The second-order valence-electron chi connectivity index (χ2n) is 18.1. The number of hydrogen-bond donors (Lipinski definition) is 10. The molecule has 1 aliphatic rings. The first-order valence-corrected chi connectivity index (χ1v) is 25.5. The number of carboxylic acids is 2. The van der Waals surface area contributed by atoms with Crippen molar-refractivity contribution in [1.82, 2.24) is 36.8 Å². The molecule has 0 radical (unpaired) electrons. The number of amides is 7. The predicted octanol–water partition coefficient (Wildman–Crippen LogP) is -0.993. The van der Waals surface area contributed by atoms with E-state index in [0.29, 0.717) is 12.0 Å². The molecule has 1 aromatic carbocycles. The standard InChI is InChI=1S/C48H72N10O14S/c1-26(24-27(2)37(72-8)25-32-14-11-10-12-15-32)17-18-33-28(3)40(60)56-36(46(66)67)19-20-38(59)58(7)31(6)43(63)52-30(5)42(62)55-35(21-23-73(9,70)71)45(65)57-39(47(68)69)29(4)41(61)54-34(44(64)53-33)16-13-22-51-48(49)50/h10-12,14-15,17-18,24,27-30,33-37,39H,6,13,16,19-23,25H2,1-5,7-9H3,(H,52,63)(H,53,64)(H,54,61)(H,55,62)(H,56,60)(H,57,65)(H,66,67)(H,68,69)(H4,49,50,51). The highest BCUT2D eigenvalue weighted by atomic mass is 32.2. The fourth-order valence-corrected chi connectivity index (χ4v) is 8.02. The van der Waals surface area contributed by atoms with Gasteiger partial charge in [-0.1, -0.05) is 81.5 Å². The van der Waals surface area contributed by atoms with Gasteiger partial charge in [-0.3, -0.25) is 38.6 Å². The van der Waals surface area contributed by atoms with Crippen LogP contribution in [0, 0.1) is 17.8 Å². The fourth-order valence-electron chi connectivity index (χ4n) is 7.35. The summed E-state index contributed by atoms with van der Waals surface area (Å²) in [4.78, 5) is 126. The molecular formula is C48H72N10O14S. The highest BCUT2D eigenvalue weighted by molar-refractivity contribution is 7.90. The topological polar surface area (TPSA) is 377 Å². The number of guanidine groups is 1. The molecule has 73 heavy (non-hydrogen) atoms. The summed E-state index contributed by atoms with van der Waals surface area (Å²) in [5.74, 6) is -14.2. The van der Waals surface area contributed by atoms with Gasteiger partial charge in [0, 0.05) is 39.3 Å². The fraction of sp³-hybridized carbons (Fsp3) is 0.542. The van der Waals surface area contributed by atoms with E-state index in [-0.39, 0.29) is 37.4 Å². The normalized spacial score (nSPS) is 25.1. The van der Waals surface area contributed by atoms with Crippen LogP contribution in [-0.4, -0.2) is 158 Å². The van der Waals surface area contributed by atoms with E-state index in [4.69, 9.17) is 16.2 Å². The van der Waals surface area contributed by atoms with Gasteiger partial charge in [0.25, 0.3) is 5.91 Å². The van der Waals surface area contributed by atoms with Crippen LogP contribution in [0.15, 0.2) is 71.4 Å². The number of carbonyl (C=O) groups excluding carboxylic acids is 7. The number of nitrogens with two attached hydrogens (primary N) is 2. The molecule has 12 N–H and O–H groups in total. The lowest BCUT2D eigenvalue weighted by Gasteiger charge is -2.28. The summed E-state index contributed by atoms with van der Waals surface area (Å²) in [5, 5.41) is 34.9. The van der Waals surface area contributed by atoms with Crippen LogP contribution in [0.4, 0.5) is 0 Å². The molecule has 10 atom stereocenters. The summed E-state index contributed by atoms with van der Waals surface area (Å²) in [5.41, 5.74) is 12.2. The lowest BCUT2D eigenvalue weighted by atomic mass is 9.94. The number of allylic oxidation sites excluding steroid dienone is 2. The molecule has 25 heteroatoms. The molecule has 0 spiro atoms. The Kier molecular flexibility index (Phi) is 24.9. The van der Waals surface area contributed by atoms with Crippen molar-refractivity contribution >= 4 is 69.1 Å². The van der Waals surface area contributed by atoms with Crippen molar-refractivity contribution in [2.24, 2.45) is 34.2 Å². The van der Waals surface area contributed by atoms with Crippen molar-refractivity contribution in [3.63, 3.8) is 0 Å². The number of rotatable bonds is 16. The quantitative estimate of drug-likeness (QED) is 0.0312. The first-order valence-electron chi connectivity index (χ1n) is 23.5. The summed E-state index contributed by atoms with van der Waals surface area (Å²) in [7, 11) is -1.03. The van der Waals surface area contributed by atoms with Crippen LogP contribution >= 0.6 is 0 Å². The Balaban J connectivity index is 2.75. The average Bonchev–Trinajstić information content (AvgIpc) is 3.32. The molecule has 1 fully saturated rings. The monoisotopic (exact) mass is 1040 g/mol. The van der Waals surface area contributed by atoms with E-state index >= 15 is 0 Å². The maximum Gasteiger partial charge on any atom is 0.327 e. The number of benzene rings is 1. The molecule has 24 nitrogen and oxygen atoms in total. The molecule has 404 valence electrons. The van der Waals surface area contributed by atoms with E-state index < -0.39 is 142 Å². The molecule has 2 rings (SSSR count). The second-order valence-corrected chi connectivity index (χ2v) is 20.3. The van der Waals surface area contributed by atoms with Gasteiger partial charge in [-0.05, 0) is 51.5 Å². The van der Waals surface area contributed by atoms with Crippen molar-refractivity contribution in [1.29, 1.82) is 0 Å². The maximum absolute atomic E-state index is 14.4. The van der Waals surface area contributed by atoms with Gasteiger partial charge in [0.15, 0.2) is 5.96 Å². The number of nitrogens with zero attached hydrogens (tertiary/aromatic N) is 2. The number of nitrogens with one attached hydrogen (secondary N) is 6.